The molecule has 0 saturated heterocycles. The summed E-state index contributed by atoms with van der Waals surface area (Å²) < 4.78 is 0. The van der Waals surface area contributed by atoms with Crippen LogP contribution in [0.15, 0.2) is 47.6 Å². The van der Waals surface area contributed by atoms with Crippen LogP contribution in [0.2, 0.25) is 0 Å². The Morgan fingerprint density at radius 3 is 2.57 bits per heavy atom. The Morgan fingerprint density at radius 2 is 1.83 bits per heavy atom. The first kappa shape index (κ1) is 22.2. The van der Waals surface area contributed by atoms with Crippen LogP contribution in [0, 0.1) is 40.9 Å². The van der Waals surface area contributed by atoms with Crippen LogP contribution < -0.4 is 0 Å². The molecule has 0 N–H and O–H groups in total. The van der Waals surface area contributed by atoms with Gasteiger partial charge in [-0.2, -0.15) is 0 Å². The van der Waals surface area contributed by atoms with Gasteiger partial charge in [-0.3, -0.25) is 0 Å². The second kappa shape index (κ2) is 9.22. The molecule has 7 unspecified atom stereocenters. The van der Waals surface area contributed by atoms with Crippen LogP contribution in [0.1, 0.15) is 98.3 Å². The van der Waals surface area contributed by atoms with Gasteiger partial charge < -0.3 is 0 Å². The van der Waals surface area contributed by atoms with E-state index in [9.17, 15) is 0 Å². The highest BCUT2D eigenvalue weighted by atomic mass is 14.6. The Morgan fingerprint density at radius 1 is 1.03 bits per heavy atom. The van der Waals surface area contributed by atoms with Gasteiger partial charge in [0.1, 0.15) is 0 Å². The molecule has 4 fully saturated rings. The van der Waals surface area contributed by atoms with Gasteiger partial charge >= 0.3 is 0 Å². The molecule has 0 aliphatic heterocycles. The van der Waals surface area contributed by atoms with Crippen LogP contribution in [0.3, 0.4) is 0 Å². The predicted octanol–water partition coefficient (Wildman–Crippen LogP) is 9.06. The highest BCUT2D eigenvalue weighted by Crippen LogP contribution is 2.66. The van der Waals surface area contributed by atoms with Crippen LogP contribution in [0.4, 0.5) is 0 Å². The molecule has 0 heteroatoms. The lowest BCUT2D eigenvalue weighted by Gasteiger charge is -2.56. The fourth-order valence-corrected chi connectivity index (χ4v) is 8.64. The molecule has 7 atom stereocenters. The molecule has 0 spiro atoms. The van der Waals surface area contributed by atoms with Gasteiger partial charge in [0.15, 0.2) is 0 Å². The molecule has 4 rings (SSSR count). The second-order valence-electron chi connectivity index (χ2n) is 11.5. The molecule has 0 radical (unpaired) electrons. The molecule has 0 amide bonds. The van der Waals surface area contributed by atoms with Crippen molar-refractivity contribution in [2.45, 2.75) is 98.3 Å². The van der Waals surface area contributed by atoms with E-state index in [2.05, 4.69) is 58.6 Å². The predicted molar refractivity (Wildman–Crippen MR) is 131 cm³/mol. The summed E-state index contributed by atoms with van der Waals surface area (Å²) in [6.45, 7) is 13.7. The number of hydrogen-bond donors (Lipinski definition) is 0. The molecule has 30 heavy (non-hydrogen) atoms. The van der Waals surface area contributed by atoms with Gasteiger partial charge in [-0.15, -0.1) is 0 Å². The molecule has 4 aliphatic carbocycles. The molecule has 0 aromatic carbocycles. The first-order chi connectivity index (χ1) is 14.5. The maximum atomic E-state index is 4.29. The topological polar surface area (TPSA) is 0 Å². The standard InChI is InChI=1S/C30H46/c1-6-11-24-20-30(5)27-18-16-23-13-8-9-15-25(23)26(27)17-19-28(30)29(24)22(7-2)14-10-12-21(3)4/h6-7,11-12,23-28H,2,8-10,13-20H2,1,3-5H3/b11-6?,29-22-. The van der Waals surface area contributed by atoms with Crippen molar-refractivity contribution in [3.63, 3.8) is 0 Å². The van der Waals surface area contributed by atoms with Crippen molar-refractivity contribution in [2.75, 3.05) is 0 Å². The van der Waals surface area contributed by atoms with E-state index in [0.29, 0.717) is 11.3 Å². The quantitative estimate of drug-likeness (QED) is 0.399. The zero-order valence-electron chi connectivity index (χ0n) is 20.3. The molecule has 0 aromatic heterocycles. The zero-order chi connectivity index (χ0) is 21.3. The molecule has 4 aliphatic rings. The van der Waals surface area contributed by atoms with E-state index in [1.165, 1.54) is 69.8 Å². The molecule has 0 aromatic rings. The summed E-state index contributed by atoms with van der Waals surface area (Å²) in [6.07, 6.45) is 25.2. The maximum absolute atomic E-state index is 4.29. The smallest absolute Gasteiger partial charge is 0.000907 e. The van der Waals surface area contributed by atoms with Crippen LogP contribution in [-0.4, -0.2) is 0 Å². The number of fused-ring (bicyclic) bond motifs is 5. The summed E-state index contributed by atoms with van der Waals surface area (Å²) in [6, 6.07) is 0. The number of rotatable bonds is 5. The maximum Gasteiger partial charge on any atom is -0.000907 e. The summed E-state index contributed by atoms with van der Waals surface area (Å²) >= 11 is 0. The summed E-state index contributed by atoms with van der Waals surface area (Å²) in [4.78, 5) is 0. The minimum absolute atomic E-state index is 0.510. The Labute approximate surface area is 187 Å². The van der Waals surface area contributed by atoms with E-state index < -0.39 is 0 Å². The molecular weight excluding hydrogens is 360 g/mol. The first-order valence-electron chi connectivity index (χ1n) is 13.1. The van der Waals surface area contributed by atoms with Crippen molar-refractivity contribution in [3.05, 3.63) is 47.6 Å². The third-order valence-corrected chi connectivity index (χ3v) is 9.76. The van der Waals surface area contributed by atoms with Crippen LogP contribution in [-0.2, 0) is 0 Å². The van der Waals surface area contributed by atoms with Crippen molar-refractivity contribution in [3.8, 4) is 0 Å². The number of hydrogen-bond acceptors (Lipinski definition) is 0. The van der Waals surface area contributed by atoms with Crippen molar-refractivity contribution < 1.29 is 0 Å². The summed E-state index contributed by atoms with van der Waals surface area (Å²) in [5.74, 6) is 5.54. The van der Waals surface area contributed by atoms with Gasteiger partial charge in [-0.05, 0) is 119 Å². The lowest BCUT2D eigenvalue weighted by atomic mass is 9.49. The minimum atomic E-state index is 0.510. The third kappa shape index (κ3) is 3.93. The second-order valence-corrected chi connectivity index (χ2v) is 11.5. The van der Waals surface area contributed by atoms with Crippen molar-refractivity contribution in [2.24, 2.45) is 40.9 Å². The van der Waals surface area contributed by atoms with Crippen LogP contribution in [0.5, 0.6) is 0 Å². The summed E-state index contributed by atoms with van der Waals surface area (Å²) in [7, 11) is 0. The zero-order valence-corrected chi connectivity index (χ0v) is 20.3. The van der Waals surface area contributed by atoms with E-state index in [4.69, 9.17) is 0 Å². The average Bonchev–Trinajstić information content (AvgIpc) is 3.03. The fourth-order valence-electron chi connectivity index (χ4n) is 8.64. The largest absolute Gasteiger partial charge is 0.0988 e. The average molecular weight is 407 g/mol. The van der Waals surface area contributed by atoms with Gasteiger partial charge in [0.05, 0.1) is 0 Å². The van der Waals surface area contributed by atoms with E-state index in [1.54, 1.807) is 11.1 Å². The van der Waals surface area contributed by atoms with Crippen LogP contribution in [0.25, 0.3) is 0 Å². The van der Waals surface area contributed by atoms with Crippen molar-refractivity contribution >= 4 is 0 Å². The van der Waals surface area contributed by atoms with E-state index in [-0.39, 0.29) is 0 Å². The summed E-state index contributed by atoms with van der Waals surface area (Å²) in [5, 5.41) is 0. The molecular formula is C30H46. The van der Waals surface area contributed by atoms with E-state index >= 15 is 0 Å². The van der Waals surface area contributed by atoms with Gasteiger partial charge in [-0.25, -0.2) is 0 Å². The molecule has 0 bridgehead atoms. The molecule has 0 heterocycles. The van der Waals surface area contributed by atoms with Gasteiger partial charge in [0.25, 0.3) is 0 Å². The van der Waals surface area contributed by atoms with Crippen molar-refractivity contribution in [1.82, 2.24) is 0 Å². The fraction of sp³-hybridized carbons (Fsp3) is 0.733. The highest BCUT2D eigenvalue weighted by molar-refractivity contribution is 5.37. The first-order valence-corrected chi connectivity index (χ1v) is 13.1. The Bertz CT molecular complexity index is 714. The Balaban J connectivity index is 1.65. The Kier molecular flexibility index (Phi) is 6.81. The van der Waals surface area contributed by atoms with Gasteiger partial charge in [-0.1, -0.05) is 68.2 Å². The van der Waals surface area contributed by atoms with E-state index in [1.807, 2.05) is 0 Å². The number of allylic oxidation sites excluding steroid dienone is 7. The molecule has 0 nitrogen and oxygen atoms in total. The highest BCUT2D eigenvalue weighted by Gasteiger charge is 2.58. The normalized spacial score (nSPS) is 42.3. The lowest BCUT2D eigenvalue weighted by Crippen LogP contribution is -2.48. The van der Waals surface area contributed by atoms with Gasteiger partial charge in [0, 0.05) is 0 Å². The Hall–Kier alpha value is -1.04. The van der Waals surface area contributed by atoms with Gasteiger partial charge in [0.2, 0.25) is 0 Å². The van der Waals surface area contributed by atoms with Crippen molar-refractivity contribution in [1.29, 1.82) is 0 Å². The monoisotopic (exact) mass is 406 g/mol. The lowest BCUT2D eigenvalue weighted by molar-refractivity contribution is -0.0624. The summed E-state index contributed by atoms with van der Waals surface area (Å²) in [5.41, 5.74) is 5.32. The van der Waals surface area contributed by atoms with Crippen LogP contribution >= 0.6 is 0 Å². The third-order valence-electron chi connectivity index (χ3n) is 9.76. The molecule has 166 valence electrons. The minimum Gasteiger partial charge on any atom is -0.0988 e. The SMILES string of the molecule is C=C/C(CCC=C(C)C)=C1\C(C=CC)CC2(C)C1CCC1C3CCCCC3CCC12. The molecule has 4 saturated carbocycles. The van der Waals surface area contributed by atoms with E-state index in [0.717, 1.165) is 36.0 Å².